The Morgan fingerprint density at radius 1 is 0.404 bits per heavy atom. The van der Waals surface area contributed by atoms with E-state index in [9.17, 15) is 0 Å². The van der Waals surface area contributed by atoms with Crippen LogP contribution < -0.4 is 10.4 Å². The molecule has 10 rings (SSSR count). The summed E-state index contributed by atoms with van der Waals surface area (Å²) in [7, 11) is -2.22. The molecule has 0 spiro atoms. The Morgan fingerprint density at radius 2 is 0.712 bits per heavy atom. The first-order valence-electron chi connectivity index (χ1n) is 17.3. The molecule has 0 amide bonds. The minimum absolute atomic E-state index is 0. The van der Waals surface area contributed by atoms with Crippen molar-refractivity contribution in [1.82, 2.24) is 9.13 Å². The Kier molecular flexibility index (Phi) is 8.93. The zero-order chi connectivity index (χ0) is 33.0. The van der Waals surface area contributed by atoms with Gasteiger partial charge in [-0.25, -0.2) is 0 Å². The van der Waals surface area contributed by atoms with Gasteiger partial charge >= 0.3 is 26.2 Å². The van der Waals surface area contributed by atoms with Crippen LogP contribution in [0.1, 0.15) is 11.1 Å². The molecule has 10 aromatic rings. The second-order valence-corrected chi connectivity index (χ2v) is 18.5. The molecule has 52 heavy (non-hydrogen) atoms. The maximum Gasteiger partial charge on any atom is 4.00 e. The fourth-order valence-corrected chi connectivity index (χ4v) is 13.5. The van der Waals surface area contributed by atoms with Crippen LogP contribution in [0.3, 0.4) is 0 Å². The summed E-state index contributed by atoms with van der Waals surface area (Å²) in [6.45, 7) is 9.81. The molecule has 4 heteroatoms. The van der Waals surface area contributed by atoms with Crippen LogP contribution in [0.4, 0.5) is 0 Å². The van der Waals surface area contributed by atoms with Crippen LogP contribution in [-0.2, 0) is 26.2 Å². The standard InChI is InChI=1S/C46H36N2Si.2CH3.Zr/c1-29-27-37-35(19-13-25-43(37)47-39-21-9-5-15-31(39)32-16-6-10-22-40(32)47)45(29)49(3,4)46-30(2)28-38-36(46)20-14-26-44(38)48-41-23-11-7-17-33(41)34-18-8-12-24-42(34)48;;;/h5-28H,1-4H3;2*1H3;/q-2;2*-1;+4. The van der Waals surface area contributed by atoms with Crippen molar-refractivity contribution < 1.29 is 26.2 Å². The number of hydrogen-bond acceptors (Lipinski definition) is 0. The number of fused-ring (bicyclic) bond motifs is 8. The predicted molar refractivity (Wildman–Crippen MR) is 227 cm³/mol. The van der Waals surface area contributed by atoms with Crippen molar-refractivity contribution in [2.24, 2.45) is 0 Å². The van der Waals surface area contributed by atoms with Crippen LogP contribution in [-0.4, -0.2) is 17.2 Å². The summed E-state index contributed by atoms with van der Waals surface area (Å²) in [4.78, 5) is 0. The molecular weight excluding hydrogens is 724 g/mol. The van der Waals surface area contributed by atoms with E-state index in [1.54, 1.807) is 10.4 Å². The molecule has 0 saturated heterocycles. The molecule has 0 aliphatic carbocycles. The van der Waals surface area contributed by atoms with Crippen molar-refractivity contribution in [3.05, 3.63) is 172 Å². The molecule has 8 aromatic carbocycles. The molecule has 252 valence electrons. The Bertz CT molecular complexity index is 2640. The second-order valence-electron chi connectivity index (χ2n) is 14.2. The van der Waals surface area contributed by atoms with Crippen molar-refractivity contribution in [3.63, 3.8) is 0 Å². The molecular formula is C48H42N2SiZr. The Morgan fingerprint density at radius 3 is 1.04 bits per heavy atom. The Labute approximate surface area is 326 Å². The first-order valence-corrected chi connectivity index (χ1v) is 20.3. The zero-order valence-electron chi connectivity index (χ0n) is 30.8. The van der Waals surface area contributed by atoms with Crippen molar-refractivity contribution in [2.45, 2.75) is 26.9 Å². The van der Waals surface area contributed by atoms with Gasteiger partial charge in [-0.15, -0.1) is 67.3 Å². The monoisotopic (exact) mass is 764 g/mol. The third-order valence-electron chi connectivity index (χ3n) is 11.1. The van der Waals surface area contributed by atoms with Gasteiger partial charge in [-0.3, -0.25) is 0 Å². The predicted octanol–water partition coefficient (Wildman–Crippen LogP) is 12.0. The van der Waals surface area contributed by atoms with Gasteiger partial charge in [0.2, 0.25) is 0 Å². The number of nitrogens with zero attached hydrogens (tertiary/aromatic N) is 2. The topological polar surface area (TPSA) is 9.86 Å². The number of rotatable bonds is 4. The van der Waals surface area contributed by atoms with Crippen molar-refractivity contribution in [1.29, 1.82) is 0 Å². The van der Waals surface area contributed by atoms with E-state index < -0.39 is 8.07 Å². The van der Waals surface area contributed by atoms with Crippen LogP contribution in [0.2, 0.25) is 13.1 Å². The summed E-state index contributed by atoms with van der Waals surface area (Å²) in [5, 5.41) is 13.7. The van der Waals surface area contributed by atoms with Gasteiger partial charge in [0.1, 0.15) is 0 Å². The van der Waals surface area contributed by atoms with Crippen molar-refractivity contribution in [3.8, 4) is 11.4 Å². The van der Waals surface area contributed by atoms with E-state index >= 15 is 0 Å². The number of para-hydroxylation sites is 4. The third kappa shape index (κ3) is 4.84. The molecule has 0 saturated carbocycles. The fraction of sp³-hybridized carbons (Fsp3) is 0.0833. The molecule has 2 nitrogen and oxygen atoms in total. The maximum absolute atomic E-state index is 2.57. The molecule has 2 aromatic heterocycles. The molecule has 0 unspecified atom stereocenters. The third-order valence-corrected chi connectivity index (χ3v) is 14.9. The van der Waals surface area contributed by atoms with Gasteiger partial charge in [0, 0.05) is 41.0 Å². The molecule has 0 bridgehead atoms. The summed E-state index contributed by atoms with van der Waals surface area (Å²) in [5.41, 5.74) is 10.3. The SMILES string of the molecule is Cc1cc2c(-n3c4ccccc4c4ccccc43)cccc2[c-]1[Si](C)(C)[c-]1c(C)cc2c(-n3c4ccccc4c4ccccc43)cccc21.[CH3-].[CH3-].[Zr+4]. The molecule has 0 radical (unpaired) electrons. The van der Waals surface area contributed by atoms with E-state index in [4.69, 9.17) is 0 Å². The minimum atomic E-state index is -2.22. The van der Waals surface area contributed by atoms with Gasteiger partial charge in [-0.2, -0.15) is 12.1 Å². The number of aryl methyl sites for hydroxylation is 2. The Hall–Kier alpha value is -4.76. The average Bonchev–Trinajstić information content (AvgIpc) is 3.85. The zero-order valence-corrected chi connectivity index (χ0v) is 34.2. The second kappa shape index (κ2) is 13.0. The van der Waals surface area contributed by atoms with Crippen LogP contribution in [0, 0.1) is 28.7 Å². The summed E-state index contributed by atoms with van der Waals surface area (Å²) in [6, 6.07) is 54.1. The van der Waals surface area contributed by atoms with Crippen molar-refractivity contribution >= 4 is 83.6 Å². The summed E-state index contributed by atoms with van der Waals surface area (Å²) in [5.74, 6) is 0. The van der Waals surface area contributed by atoms with Gasteiger partial charge in [-0.1, -0.05) is 112 Å². The normalized spacial score (nSPS) is 11.8. The summed E-state index contributed by atoms with van der Waals surface area (Å²) >= 11 is 0. The molecule has 0 aliphatic rings. The van der Waals surface area contributed by atoms with Gasteiger partial charge in [0.15, 0.2) is 0 Å². The van der Waals surface area contributed by atoms with E-state index in [1.807, 2.05) is 0 Å². The van der Waals surface area contributed by atoms with Gasteiger partial charge in [0.25, 0.3) is 0 Å². The van der Waals surface area contributed by atoms with E-state index in [1.165, 1.54) is 87.7 Å². The molecule has 2 heterocycles. The fourth-order valence-electron chi connectivity index (χ4n) is 9.39. The molecule has 0 atom stereocenters. The van der Waals surface area contributed by atoms with E-state index in [0.29, 0.717) is 0 Å². The largest absolute Gasteiger partial charge is 4.00 e. The van der Waals surface area contributed by atoms with E-state index in [-0.39, 0.29) is 41.1 Å². The number of aromatic nitrogens is 2. The van der Waals surface area contributed by atoms with Gasteiger partial charge in [0.05, 0.1) is 22.1 Å². The number of hydrogen-bond donors (Lipinski definition) is 0. The first-order chi connectivity index (χ1) is 23.9. The van der Waals surface area contributed by atoms with Crippen LogP contribution in [0.5, 0.6) is 0 Å². The minimum Gasteiger partial charge on any atom is -0.358 e. The van der Waals surface area contributed by atoms with Crippen LogP contribution in [0.15, 0.2) is 146 Å². The van der Waals surface area contributed by atoms with Gasteiger partial charge < -0.3 is 24.0 Å². The van der Waals surface area contributed by atoms with E-state index in [0.717, 1.165) is 0 Å². The number of benzene rings is 6. The maximum atomic E-state index is 2.57. The van der Waals surface area contributed by atoms with Crippen LogP contribution >= 0.6 is 0 Å². The first kappa shape index (κ1) is 35.6. The molecule has 0 aliphatic heterocycles. The van der Waals surface area contributed by atoms with Crippen molar-refractivity contribution in [2.75, 3.05) is 0 Å². The molecule has 0 fully saturated rings. The van der Waals surface area contributed by atoms with Crippen LogP contribution in [0.25, 0.3) is 76.5 Å². The average molecular weight is 766 g/mol. The van der Waals surface area contributed by atoms with Gasteiger partial charge in [-0.05, 0) is 24.3 Å². The van der Waals surface area contributed by atoms with E-state index in [2.05, 4.69) is 182 Å². The Balaban J connectivity index is 0.00000140. The quantitative estimate of drug-likeness (QED) is 0.125. The summed E-state index contributed by atoms with van der Waals surface area (Å²) < 4.78 is 4.96. The smallest absolute Gasteiger partial charge is 0.358 e. The summed E-state index contributed by atoms with van der Waals surface area (Å²) in [6.07, 6.45) is 0. The molecule has 0 N–H and O–H groups in total.